The maximum atomic E-state index is 13.1. The summed E-state index contributed by atoms with van der Waals surface area (Å²) < 4.78 is 24.9. The van der Waals surface area contributed by atoms with Gasteiger partial charge in [-0.25, -0.2) is 4.39 Å². The topological polar surface area (TPSA) is 30.5 Å². The third-order valence-corrected chi connectivity index (χ3v) is 4.24. The van der Waals surface area contributed by atoms with Crippen LogP contribution in [0.3, 0.4) is 0 Å². The Morgan fingerprint density at radius 3 is 2.37 bits per heavy atom. The highest BCUT2D eigenvalue weighted by atomic mass is 35.5. The fourth-order valence-electron chi connectivity index (χ4n) is 2.63. The van der Waals surface area contributed by atoms with Crippen LogP contribution in [0.15, 0.2) is 66.7 Å². The van der Waals surface area contributed by atoms with Crippen LogP contribution in [0.2, 0.25) is 5.02 Å². The molecule has 0 unspecified atom stereocenters. The number of ether oxygens (including phenoxy) is 2. The average molecular weight is 386 g/mol. The van der Waals surface area contributed by atoms with Crippen molar-refractivity contribution in [1.29, 1.82) is 0 Å². The van der Waals surface area contributed by atoms with Crippen molar-refractivity contribution in [3.8, 4) is 11.5 Å². The zero-order chi connectivity index (χ0) is 19.1. The van der Waals surface area contributed by atoms with E-state index in [0.29, 0.717) is 36.3 Å². The Hall–Kier alpha value is -2.72. The van der Waals surface area contributed by atoms with Crippen LogP contribution in [0.5, 0.6) is 11.5 Å². The molecule has 1 N–H and O–H groups in total. The highest BCUT2D eigenvalue weighted by molar-refractivity contribution is 6.30. The molecule has 0 aliphatic rings. The normalized spacial score (nSPS) is 10.5. The Balaban J connectivity index is 1.76. The van der Waals surface area contributed by atoms with Crippen molar-refractivity contribution in [2.75, 3.05) is 11.9 Å². The van der Waals surface area contributed by atoms with Gasteiger partial charge >= 0.3 is 0 Å². The zero-order valence-corrected chi connectivity index (χ0v) is 15.8. The molecule has 3 rings (SSSR count). The van der Waals surface area contributed by atoms with E-state index in [2.05, 4.69) is 5.32 Å². The number of para-hydroxylation sites is 1. The first-order valence-corrected chi connectivity index (χ1v) is 9.15. The molecule has 0 heterocycles. The predicted octanol–water partition coefficient (Wildman–Crippen LogP) is 6.07. The fraction of sp³-hybridized carbons (Fsp3) is 0.182. The molecule has 0 amide bonds. The van der Waals surface area contributed by atoms with Crippen molar-refractivity contribution >= 4 is 17.3 Å². The molecule has 0 aliphatic carbocycles. The van der Waals surface area contributed by atoms with Gasteiger partial charge < -0.3 is 14.8 Å². The van der Waals surface area contributed by atoms with E-state index in [0.717, 1.165) is 16.8 Å². The van der Waals surface area contributed by atoms with Crippen LogP contribution in [0, 0.1) is 5.82 Å². The van der Waals surface area contributed by atoms with Crippen LogP contribution in [0.4, 0.5) is 10.1 Å². The quantitative estimate of drug-likeness (QED) is 0.510. The number of rotatable bonds is 8. The molecule has 0 saturated heterocycles. The molecule has 0 atom stereocenters. The van der Waals surface area contributed by atoms with Gasteiger partial charge in [-0.1, -0.05) is 35.9 Å². The van der Waals surface area contributed by atoms with Gasteiger partial charge in [-0.2, -0.15) is 0 Å². The Kier molecular flexibility index (Phi) is 6.55. The molecule has 0 fully saturated rings. The number of hydrogen-bond acceptors (Lipinski definition) is 3. The van der Waals surface area contributed by atoms with E-state index in [1.807, 2.05) is 49.4 Å². The first-order valence-electron chi connectivity index (χ1n) is 8.77. The van der Waals surface area contributed by atoms with Crippen molar-refractivity contribution < 1.29 is 13.9 Å². The van der Waals surface area contributed by atoms with E-state index < -0.39 is 0 Å². The Bertz CT molecular complexity index is 866. The monoisotopic (exact) mass is 385 g/mol. The minimum atomic E-state index is -0.258. The summed E-state index contributed by atoms with van der Waals surface area (Å²) in [5, 5.41) is 3.98. The molecule has 0 bridgehead atoms. The number of anilines is 1. The lowest BCUT2D eigenvalue weighted by atomic mass is 10.1. The van der Waals surface area contributed by atoms with E-state index in [4.69, 9.17) is 21.1 Å². The summed E-state index contributed by atoms with van der Waals surface area (Å²) in [6.07, 6.45) is 0. The van der Waals surface area contributed by atoms with Gasteiger partial charge in [-0.15, -0.1) is 0 Å². The summed E-state index contributed by atoms with van der Waals surface area (Å²) in [5.74, 6) is 1.14. The van der Waals surface area contributed by atoms with Crippen molar-refractivity contribution in [3.05, 3.63) is 88.7 Å². The third-order valence-electron chi connectivity index (χ3n) is 3.98. The molecule has 0 spiro atoms. The van der Waals surface area contributed by atoms with E-state index in [-0.39, 0.29) is 5.82 Å². The van der Waals surface area contributed by atoms with Crippen LogP contribution in [0.1, 0.15) is 18.1 Å². The Morgan fingerprint density at radius 1 is 0.926 bits per heavy atom. The van der Waals surface area contributed by atoms with E-state index >= 15 is 0 Å². The van der Waals surface area contributed by atoms with Gasteiger partial charge in [0.2, 0.25) is 0 Å². The SMILES string of the molecule is CCOc1cccc(CNc2ccc(F)cc2)c1OCc1ccc(Cl)cc1. The molecule has 0 radical (unpaired) electrons. The molecule has 3 nitrogen and oxygen atoms in total. The van der Waals surface area contributed by atoms with Crippen molar-refractivity contribution in [2.24, 2.45) is 0 Å². The molecule has 0 aliphatic heterocycles. The lowest BCUT2D eigenvalue weighted by molar-refractivity contribution is 0.267. The summed E-state index contributed by atoms with van der Waals surface area (Å²) in [5.41, 5.74) is 2.81. The lowest BCUT2D eigenvalue weighted by Crippen LogP contribution is -2.06. The molecule has 0 aromatic heterocycles. The van der Waals surface area contributed by atoms with Crippen molar-refractivity contribution in [3.63, 3.8) is 0 Å². The summed E-state index contributed by atoms with van der Waals surface area (Å²) in [6.45, 7) is 3.42. The van der Waals surface area contributed by atoms with Crippen LogP contribution in [0.25, 0.3) is 0 Å². The molecule has 3 aromatic rings. The molecule has 5 heteroatoms. The van der Waals surface area contributed by atoms with Gasteiger partial charge in [0.25, 0.3) is 0 Å². The number of nitrogens with one attached hydrogen (secondary N) is 1. The Labute approximate surface area is 163 Å². The van der Waals surface area contributed by atoms with Gasteiger partial charge in [0.15, 0.2) is 11.5 Å². The smallest absolute Gasteiger partial charge is 0.166 e. The van der Waals surface area contributed by atoms with Gasteiger partial charge in [-0.05, 0) is 55.0 Å². The molecule has 3 aromatic carbocycles. The second-order valence-corrected chi connectivity index (χ2v) is 6.39. The first-order chi connectivity index (χ1) is 13.2. The highest BCUT2D eigenvalue weighted by Crippen LogP contribution is 2.33. The third kappa shape index (κ3) is 5.38. The largest absolute Gasteiger partial charge is 0.490 e. The first kappa shape index (κ1) is 19.1. The maximum absolute atomic E-state index is 13.1. The van der Waals surface area contributed by atoms with Crippen LogP contribution >= 0.6 is 11.6 Å². The summed E-state index contributed by atoms with van der Waals surface area (Å²) in [7, 11) is 0. The van der Waals surface area contributed by atoms with E-state index in [9.17, 15) is 4.39 Å². The average Bonchev–Trinajstić information content (AvgIpc) is 2.68. The van der Waals surface area contributed by atoms with Gasteiger partial charge in [0.05, 0.1) is 6.61 Å². The summed E-state index contributed by atoms with van der Waals surface area (Å²) in [6, 6.07) is 19.6. The molecule has 27 heavy (non-hydrogen) atoms. The zero-order valence-electron chi connectivity index (χ0n) is 15.0. The molecule has 0 saturated carbocycles. The van der Waals surface area contributed by atoms with Crippen molar-refractivity contribution in [2.45, 2.75) is 20.1 Å². The second kappa shape index (κ2) is 9.28. The summed E-state index contributed by atoms with van der Waals surface area (Å²) >= 11 is 5.94. The van der Waals surface area contributed by atoms with E-state index in [1.165, 1.54) is 12.1 Å². The van der Waals surface area contributed by atoms with Gasteiger partial charge in [0, 0.05) is 22.8 Å². The van der Waals surface area contributed by atoms with Crippen LogP contribution in [-0.2, 0) is 13.2 Å². The molecular weight excluding hydrogens is 365 g/mol. The van der Waals surface area contributed by atoms with Gasteiger partial charge in [0.1, 0.15) is 12.4 Å². The molecular formula is C22H21ClFNO2. The molecule has 140 valence electrons. The fourth-order valence-corrected chi connectivity index (χ4v) is 2.76. The van der Waals surface area contributed by atoms with E-state index in [1.54, 1.807) is 12.1 Å². The number of benzene rings is 3. The Morgan fingerprint density at radius 2 is 1.67 bits per heavy atom. The number of hydrogen-bond donors (Lipinski definition) is 1. The standard InChI is InChI=1S/C22H21ClFNO2/c1-2-26-21-5-3-4-17(14-25-20-12-10-19(24)11-13-20)22(21)27-15-16-6-8-18(23)9-7-16/h3-13,25H,2,14-15H2,1H3. The minimum Gasteiger partial charge on any atom is -0.490 e. The predicted molar refractivity (Wildman–Crippen MR) is 107 cm³/mol. The second-order valence-electron chi connectivity index (χ2n) is 5.95. The summed E-state index contributed by atoms with van der Waals surface area (Å²) in [4.78, 5) is 0. The number of halogens is 2. The maximum Gasteiger partial charge on any atom is 0.166 e. The van der Waals surface area contributed by atoms with Crippen molar-refractivity contribution in [1.82, 2.24) is 0 Å². The van der Waals surface area contributed by atoms with Crippen LogP contribution < -0.4 is 14.8 Å². The minimum absolute atomic E-state index is 0.258. The lowest BCUT2D eigenvalue weighted by Gasteiger charge is -2.17. The van der Waals surface area contributed by atoms with Gasteiger partial charge in [-0.3, -0.25) is 0 Å². The van der Waals surface area contributed by atoms with Crippen LogP contribution in [-0.4, -0.2) is 6.61 Å². The highest BCUT2D eigenvalue weighted by Gasteiger charge is 2.12.